The number of carbonyl (C=O) groups is 2. The number of carboxylic acids is 1. The SMILES string of the molecule is C=CCC(NC(=O)Cn1nnc(-c2ccsc2)n1)C(=O)O. The van der Waals surface area contributed by atoms with Gasteiger partial charge < -0.3 is 10.4 Å². The summed E-state index contributed by atoms with van der Waals surface area (Å²) in [6.45, 7) is 3.26. The van der Waals surface area contributed by atoms with E-state index in [0.29, 0.717) is 5.82 Å². The van der Waals surface area contributed by atoms with Crippen molar-refractivity contribution >= 4 is 23.2 Å². The van der Waals surface area contributed by atoms with Crippen LogP contribution in [0.25, 0.3) is 11.4 Å². The number of amides is 1. The lowest BCUT2D eigenvalue weighted by Gasteiger charge is -2.11. The van der Waals surface area contributed by atoms with Crippen molar-refractivity contribution in [1.29, 1.82) is 0 Å². The van der Waals surface area contributed by atoms with Crippen LogP contribution < -0.4 is 5.32 Å². The van der Waals surface area contributed by atoms with Gasteiger partial charge in [-0.1, -0.05) is 6.08 Å². The molecule has 2 N–H and O–H groups in total. The third kappa shape index (κ3) is 3.96. The molecule has 0 bridgehead atoms. The third-order valence-corrected chi connectivity index (χ3v) is 3.24. The van der Waals surface area contributed by atoms with Crippen LogP contribution in [0.5, 0.6) is 0 Å². The Morgan fingerprint density at radius 3 is 3.00 bits per heavy atom. The summed E-state index contributed by atoms with van der Waals surface area (Å²) < 4.78 is 0. The highest BCUT2D eigenvalue weighted by molar-refractivity contribution is 7.08. The molecular formula is C12H13N5O3S. The first-order valence-electron chi connectivity index (χ1n) is 6.03. The van der Waals surface area contributed by atoms with E-state index < -0.39 is 17.9 Å². The summed E-state index contributed by atoms with van der Waals surface area (Å²) in [5, 5.41) is 26.7. The number of nitrogens with one attached hydrogen (secondary N) is 1. The average Bonchev–Trinajstić information content (AvgIpc) is 3.08. The van der Waals surface area contributed by atoms with Crippen molar-refractivity contribution in [3.8, 4) is 11.4 Å². The van der Waals surface area contributed by atoms with Crippen LogP contribution in [0.4, 0.5) is 0 Å². The van der Waals surface area contributed by atoms with Gasteiger partial charge in [0.25, 0.3) is 0 Å². The molecule has 1 unspecified atom stereocenters. The molecule has 2 rings (SSSR count). The summed E-state index contributed by atoms with van der Waals surface area (Å²) >= 11 is 1.50. The average molecular weight is 307 g/mol. The Balaban J connectivity index is 1.96. The number of hydrogen-bond donors (Lipinski definition) is 2. The zero-order valence-electron chi connectivity index (χ0n) is 11.0. The van der Waals surface area contributed by atoms with E-state index in [1.165, 1.54) is 17.4 Å². The number of nitrogens with zero attached hydrogens (tertiary/aromatic N) is 4. The predicted octanol–water partition coefficient (Wildman–Crippen LogP) is 0.547. The summed E-state index contributed by atoms with van der Waals surface area (Å²) in [5.41, 5.74) is 0.821. The van der Waals surface area contributed by atoms with E-state index in [-0.39, 0.29) is 13.0 Å². The lowest BCUT2D eigenvalue weighted by atomic mass is 10.2. The van der Waals surface area contributed by atoms with Gasteiger partial charge in [0.05, 0.1) is 0 Å². The number of thiophene rings is 1. The number of carbonyl (C=O) groups excluding carboxylic acids is 1. The second-order valence-corrected chi connectivity index (χ2v) is 4.92. The number of carboxylic acid groups (broad SMARTS) is 1. The molecule has 2 heterocycles. The molecule has 0 aliphatic heterocycles. The lowest BCUT2D eigenvalue weighted by Crippen LogP contribution is -2.42. The maximum Gasteiger partial charge on any atom is 0.326 e. The van der Waals surface area contributed by atoms with Gasteiger partial charge in [-0.3, -0.25) is 4.79 Å². The third-order valence-electron chi connectivity index (χ3n) is 2.55. The van der Waals surface area contributed by atoms with Crippen LogP contribution in [0.1, 0.15) is 6.42 Å². The molecular weight excluding hydrogens is 294 g/mol. The first-order chi connectivity index (χ1) is 10.1. The number of tetrazole rings is 1. The Morgan fingerprint density at radius 1 is 1.57 bits per heavy atom. The van der Waals surface area contributed by atoms with Crippen LogP contribution in [0.2, 0.25) is 0 Å². The van der Waals surface area contributed by atoms with E-state index in [0.717, 1.165) is 10.4 Å². The van der Waals surface area contributed by atoms with Crippen LogP contribution >= 0.6 is 11.3 Å². The Morgan fingerprint density at radius 2 is 2.38 bits per heavy atom. The van der Waals surface area contributed by atoms with Gasteiger partial charge in [-0.05, 0) is 23.1 Å². The maximum absolute atomic E-state index is 11.8. The van der Waals surface area contributed by atoms with Gasteiger partial charge in [0, 0.05) is 10.9 Å². The Bertz CT molecular complexity index is 637. The minimum Gasteiger partial charge on any atom is -0.480 e. The molecule has 0 saturated heterocycles. The lowest BCUT2D eigenvalue weighted by molar-refractivity contribution is -0.141. The van der Waals surface area contributed by atoms with Crippen molar-refractivity contribution in [2.75, 3.05) is 0 Å². The van der Waals surface area contributed by atoms with Crippen LogP contribution in [0.3, 0.4) is 0 Å². The van der Waals surface area contributed by atoms with Gasteiger partial charge in [-0.2, -0.15) is 16.1 Å². The second kappa shape index (κ2) is 6.75. The van der Waals surface area contributed by atoms with Gasteiger partial charge in [-0.25, -0.2) is 4.79 Å². The number of aliphatic carboxylic acids is 1. The number of rotatable bonds is 7. The molecule has 0 aromatic carbocycles. The van der Waals surface area contributed by atoms with Crippen LogP contribution in [-0.2, 0) is 16.1 Å². The molecule has 2 aromatic heterocycles. The molecule has 110 valence electrons. The highest BCUT2D eigenvalue weighted by atomic mass is 32.1. The van der Waals surface area contributed by atoms with Crippen LogP contribution in [0.15, 0.2) is 29.5 Å². The van der Waals surface area contributed by atoms with E-state index in [1.54, 1.807) is 0 Å². The van der Waals surface area contributed by atoms with Crippen LogP contribution in [0, 0.1) is 0 Å². The largest absolute Gasteiger partial charge is 0.480 e. The van der Waals surface area contributed by atoms with E-state index in [1.807, 2.05) is 16.8 Å². The molecule has 0 fully saturated rings. The molecule has 21 heavy (non-hydrogen) atoms. The quantitative estimate of drug-likeness (QED) is 0.723. The van der Waals surface area contributed by atoms with Gasteiger partial charge >= 0.3 is 5.97 Å². The van der Waals surface area contributed by atoms with Gasteiger partial charge in [0.1, 0.15) is 12.6 Å². The van der Waals surface area contributed by atoms with Crippen molar-refractivity contribution in [1.82, 2.24) is 25.5 Å². The van der Waals surface area contributed by atoms with Crippen molar-refractivity contribution in [3.05, 3.63) is 29.5 Å². The first kappa shape index (κ1) is 14.9. The summed E-state index contributed by atoms with van der Waals surface area (Å²) in [7, 11) is 0. The molecule has 1 amide bonds. The molecule has 0 spiro atoms. The predicted molar refractivity (Wildman–Crippen MR) is 75.5 cm³/mol. The standard InChI is InChI=1S/C12H13N5O3S/c1-2-3-9(12(19)20)13-10(18)6-17-15-11(14-16-17)8-4-5-21-7-8/h2,4-5,7,9H,1,3,6H2,(H,13,18)(H,19,20). The van der Waals surface area contributed by atoms with E-state index in [4.69, 9.17) is 5.11 Å². The smallest absolute Gasteiger partial charge is 0.326 e. The molecule has 0 saturated carbocycles. The minimum absolute atomic E-state index is 0.145. The first-order valence-corrected chi connectivity index (χ1v) is 6.98. The Hall–Kier alpha value is -2.55. The molecule has 0 aliphatic rings. The van der Waals surface area contributed by atoms with Gasteiger partial charge in [0.15, 0.2) is 0 Å². The Labute approximate surface area is 124 Å². The van der Waals surface area contributed by atoms with Gasteiger partial charge in [0.2, 0.25) is 11.7 Å². The molecule has 1 atom stereocenters. The zero-order chi connectivity index (χ0) is 15.2. The highest BCUT2D eigenvalue weighted by Crippen LogP contribution is 2.16. The fourth-order valence-corrected chi connectivity index (χ4v) is 2.21. The van der Waals surface area contributed by atoms with Crippen LogP contribution in [-0.4, -0.2) is 43.2 Å². The second-order valence-electron chi connectivity index (χ2n) is 4.14. The van der Waals surface area contributed by atoms with Crippen molar-refractivity contribution in [3.63, 3.8) is 0 Å². The normalized spacial score (nSPS) is 11.8. The summed E-state index contributed by atoms with van der Waals surface area (Å²) in [5.74, 6) is -1.20. The monoisotopic (exact) mass is 307 g/mol. The fourth-order valence-electron chi connectivity index (χ4n) is 1.57. The Kier molecular flexibility index (Phi) is 4.77. The molecule has 9 heteroatoms. The van der Waals surface area contributed by atoms with E-state index >= 15 is 0 Å². The number of aromatic nitrogens is 4. The molecule has 2 aromatic rings. The number of hydrogen-bond acceptors (Lipinski definition) is 6. The van der Waals surface area contributed by atoms with Crippen molar-refractivity contribution in [2.24, 2.45) is 0 Å². The topological polar surface area (TPSA) is 110 Å². The molecule has 0 radical (unpaired) electrons. The van der Waals surface area contributed by atoms with E-state index in [9.17, 15) is 9.59 Å². The maximum atomic E-state index is 11.8. The zero-order valence-corrected chi connectivity index (χ0v) is 11.8. The summed E-state index contributed by atoms with van der Waals surface area (Å²) in [6.07, 6.45) is 1.58. The van der Waals surface area contributed by atoms with Gasteiger partial charge in [-0.15, -0.1) is 16.8 Å². The molecule has 0 aliphatic carbocycles. The minimum atomic E-state index is -1.12. The summed E-state index contributed by atoms with van der Waals surface area (Å²) in [6, 6.07) is 0.839. The fraction of sp³-hybridized carbons (Fsp3) is 0.250. The highest BCUT2D eigenvalue weighted by Gasteiger charge is 2.19. The van der Waals surface area contributed by atoms with Crippen molar-refractivity contribution in [2.45, 2.75) is 19.0 Å². The molecule has 8 nitrogen and oxygen atoms in total. The van der Waals surface area contributed by atoms with Crippen molar-refractivity contribution < 1.29 is 14.7 Å². The summed E-state index contributed by atoms with van der Waals surface area (Å²) in [4.78, 5) is 23.8. The van der Waals surface area contributed by atoms with E-state index in [2.05, 4.69) is 27.3 Å².